The third-order valence-corrected chi connectivity index (χ3v) is 15.1. The second-order valence-corrected chi connectivity index (χ2v) is 22.7. The topological polar surface area (TPSA) is 451 Å². The number of carbonyl (C=O) groups is 10. The predicted molar refractivity (Wildman–Crippen MR) is 318 cm³/mol. The first kappa shape index (κ1) is 68.2. The Labute approximate surface area is 499 Å². The molecule has 0 unspecified atom stereocenters. The molecular weight excluding hydrogens is 1110 g/mol. The molecule has 10 atom stereocenters. The molecule has 1 aliphatic heterocycles. The van der Waals surface area contributed by atoms with E-state index in [1.807, 2.05) is 38.1 Å². The number of H-pyrrole nitrogens is 1. The molecule has 0 bridgehead atoms. The molecule has 2 aromatic carbocycles. The molecule has 10 amide bonds. The highest BCUT2D eigenvalue weighted by Crippen LogP contribution is 2.28. The van der Waals surface area contributed by atoms with E-state index in [-0.39, 0.29) is 81.7 Å². The van der Waals surface area contributed by atoms with Crippen LogP contribution in [-0.2, 0) is 60.8 Å². The molecule has 5 rings (SSSR count). The number of nitrogens with zero attached hydrogens (tertiary/aromatic N) is 2. The van der Waals surface area contributed by atoms with Gasteiger partial charge in [0.15, 0.2) is 5.96 Å². The zero-order valence-electron chi connectivity index (χ0n) is 49.2. The number of hydrogen-bond acceptors (Lipinski definition) is 14. The standard InChI is InChI=1S/C59H86N14O13/c1-32(2)24-37(52(80)68-43(17-11-23-65-59(62)63)54(82)69-44(51(61)79)27-38-30-66-42-16-9-8-15-41(38)42)14-10-22-64-53(81)45(25-35-12-6-5-7-13-35)71-57(85)50(33(3)74)72-55(83)46(29-49(60)78)70-56(84)48-28-40(77)31-73(48)58(86)47(67-34(4)75)26-36-18-20-39(76)21-19-36/h8-10,14-16,18-21,30,32-33,35,37,40,43-48,50,66,74,76-77H,5-7,11-13,17,22-29,31H2,1-4H3,(H2,60,78)(H2,61,79)(H,64,81)(H,67,75)(H,68,80)(H,69,82)(H,70,84)(H,71,85)(H,72,83)(H4,62,63,65)/t33-,37+,40-,43+,44+,45+,46+,47-,48+,50+/m1/s1. The third-order valence-electron chi connectivity index (χ3n) is 15.1. The molecular formula is C59H86N14O13. The monoisotopic (exact) mass is 1200 g/mol. The summed E-state index contributed by atoms with van der Waals surface area (Å²) in [6.45, 7) is 5.91. The number of carbonyl (C=O) groups excluding carboxylic acids is 10. The number of β-amino-alcohol motifs (C(OH)–C–C–N with tert-alkyl or cyclic N) is 1. The first-order valence-corrected chi connectivity index (χ1v) is 29.2. The van der Waals surface area contributed by atoms with E-state index in [1.165, 1.54) is 26.0 Å². The normalized spacial score (nSPS) is 18.1. The van der Waals surface area contributed by atoms with Gasteiger partial charge in [-0.25, -0.2) is 0 Å². The van der Waals surface area contributed by atoms with Gasteiger partial charge >= 0.3 is 0 Å². The average molecular weight is 1200 g/mol. The van der Waals surface area contributed by atoms with Gasteiger partial charge in [-0.1, -0.05) is 88.4 Å². The molecule has 470 valence electrons. The molecule has 27 heteroatoms. The van der Waals surface area contributed by atoms with Gasteiger partial charge < -0.3 is 85.4 Å². The minimum atomic E-state index is -1.77. The van der Waals surface area contributed by atoms with Crippen molar-refractivity contribution in [2.24, 2.45) is 45.7 Å². The van der Waals surface area contributed by atoms with Crippen LogP contribution in [0.2, 0.25) is 0 Å². The number of aromatic hydroxyl groups is 1. The van der Waals surface area contributed by atoms with Crippen molar-refractivity contribution in [2.75, 3.05) is 19.6 Å². The molecule has 19 N–H and O–H groups in total. The summed E-state index contributed by atoms with van der Waals surface area (Å²) >= 11 is 0. The smallest absolute Gasteiger partial charge is 0.246 e. The summed E-state index contributed by atoms with van der Waals surface area (Å²) < 4.78 is 0. The summed E-state index contributed by atoms with van der Waals surface area (Å²) in [5.74, 6) is -9.05. The van der Waals surface area contributed by atoms with Gasteiger partial charge in [0, 0.05) is 62.9 Å². The number of nitrogens with one attached hydrogen (secondary N) is 8. The fourth-order valence-electron chi connectivity index (χ4n) is 10.8. The van der Waals surface area contributed by atoms with E-state index in [1.54, 1.807) is 30.5 Å². The molecule has 0 radical (unpaired) electrons. The lowest BCUT2D eigenvalue weighted by atomic mass is 9.84. The van der Waals surface area contributed by atoms with Gasteiger partial charge in [0.05, 0.1) is 24.5 Å². The summed E-state index contributed by atoms with van der Waals surface area (Å²) in [4.78, 5) is 144. The van der Waals surface area contributed by atoms with Crippen LogP contribution in [0.4, 0.5) is 0 Å². The maximum atomic E-state index is 14.2. The van der Waals surface area contributed by atoms with Gasteiger partial charge in [-0.2, -0.15) is 0 Å². The molecule has 1 saturated carbocycles. The zero-order valence-corrected chi connectivity index (χ0v) is 49.2. The van der Waals surface area contributed by atoms with Gasteiger partial charge in [-0.15, -0.1) is 0 Å². The lowest BCUT2D eigenvalue weighted by molar-refractivity contribution is -0.142. The molecule has 1 saturated heterocycles. The minimum Gasteiger partial charge on any atom is -0.508 e. The van der Waals surface area contributed by atoms with Gasteiger partial charge in [-0.05, 0) is 73.8 Å². The van der Waals surface area contributed by atoms with E-state index in [4.69, 9.17) is 22.9 Å². The number of phenols is 1. The molecule has 2 fully saturated rings. The van der Waals surface area contributed by atoms with Crippen molar-refractivity contribution >= 4 is 75.9 Å². The maximum Gasteiger partial charge on any atom is 0.246 e. The van der Waals surface area contributed by atoms with Crippen molar-refractivity contribution in [1.29, 1.82) is 0 Å². The number of phenolic OH excluding ortho intramolecular Hbond substituents is 1. The summed E-state index contributed by atoms with van der Waals surface area (Å²) in [6, 6.07) is 3.70. The molecule has 1 aliphatic carbocycles. The van der Waals surface area contributed by atoms with Crippen LogP contribution in [0.25, 0.3) is 10.9 Å². The molecule has 2 heterocycles. The van der Waals surface area contributed by atoms with Crippen LogP contribution in [0.5, 0.6) is 5.75 Å². The number of aliphatic hydroxyl groups is 2. The van der Waals surface area contributed by atoms with E-state index >= 15 is 0 Å². The van der Waals surface area contributed by atoms with Crippen LogP contribution < -0.4 is 60.2 Å². The average Bonchev–Trinajstić information content (AvgIpc) is 2.61. The number of para-hydroxylation sites is 1. The highest BCUT2D eigenvalue weighted by atomic mass is 16.3. The van der Waals surface area contributed by atoms with Crippen molar-refractivity contribution in [3.8, 4) is 5.75 Å². The van der Waals surface area contributed by atoms with Crippen molar-refractivity contribution in [3.63, 3.8) is 0 Å². The van der Waals surface area contributed by atoms with Crippen LogP contribution >= 0.6 is 0 Å². The summed E-state index contributed by atoms with van der Waals surface area (Å²) in [6.07, 6.45) is 6.20. The van der Waals surface area contributed by atoms with Crippen molar-refractivity contribution in [2.45, 2.75) is 166 Å². The quantitative estimate of drug-likeness (QED) is 0.0149. The number of likely N-dealkylation sites (tertiary alicyclic amines) is 1. The highest BCUT2D eigenvalue weighted by molar-refractivity contribution is 5.99. The van der Waals surface area contributed by atoms with Crippen molar-refractivity contribution in [3.05, 3.63) is 78.0 Å². The van der Waals surface area contributed by atoms with E-state index in [0.717, 1.165) is 53.5 Å². The number of rotatable bonds is 32. The Morgan fingerprint density at radius 1 is 0.756 bits per heavy atom. The number of aliphatic imine (C=N–C) groups is 1. The Morgan fingerprint density at radius 2 is 1.42 bits per heavy atom. The number of guanidine groups is 1. The molecule has 2 aliphatic rings. The van der Waals surface area contributed by atoms with Crippen LogP contribution in [0.1, 0.15) is 109 Å². The van der Waals surface area contributed by atoms with Crippen LogP contribution in [0.15, 0.2) is 71.9 Å². The summed E-state index contributed by atoms with van der Waals surface area (Å²) in [5, 5.41) is 50.6. The molecule has 86 heavy (non-hydrogen) atoms. The van der Waals surface area contributed by atoms with Gasteiger partial charge in [0.25, 0.3) is 0 Å². The first-order valence-electron chi connectivity index (χ1n) is 29.2. The lowest BCUT2D eigenvalue weighted by Gasteiger charge is -2.30. The predicted octanol–water partition coefficient (Wildman–Crippen LogP) is -1.35. The Bertz CT molecular complexity index is 2900. The fraction of sp³-hybridized carbons (Fsp3) is 0.542. The Kier molecular flexibility index (Phi) is 26.3. The van der Waals surface area contributed by atoms with Gasteiger partial charge in [-0.3, -0.25) is 52.9 Å². The number of aliphatic hydroxyl groups excluding tert-OH is 2. The maximum absolute atomic E-state index is 14.2. The number of amides is 10. The molecule has 3 aromatic rings. The van der Waals surface area contributed by atoms with Gasteiger partial charge in [0.2, 0.25) is 59.1 Å². The number of hydrogen-bond donors (Lipinski definition) is 15. The van der Waals surface area contributed by atoms with E-state index in [2.05, 4.69) is 47.2 Å². The summed E-state index contributed by atoms with van der Waals surface area (Å²) in [7, 11) is 0. The second-order valence-electron chi connectivity index (χ2n) is 22.7. The van der Waals surface area contributed by atoms with Crippen molar-refractivity contribution < 1.29 is 63.3 Å². The number of primary amides is 2. The fourth-order valence-corrected chi connectivity index (χ4v) is 10.8. The number of aromatic nitrogens is 1. The first-order chi connectivity index (χ1) is 40.8. The van der Waals surface area contributed by atoms with E-state index in [9.17, 15) is 63.3 Å². The number of nitrogens with two attached hydrogens (primary N) is 4. The third kappa shape index (κ3) is 21.5. The van der Waals surface area contributed by atoms with Crippen molar-refractivity contribution in [1.82, 2.24) is 47.1 Å². The van der Waals surface area contributed by atoms with Crippen LogP contribution in [-0.4, -0.2) is 164 Å². The molecule has 1 aromatic heterocycles. The Balaban J connectivity index is 1.27. The van der Waals surface area contributed by atoms with E-state index < -0.39 is 126 Å². The number of aromatic amines is 1. The van der Waals surface area contributed by atoms with E-state index in [0.29, 0.717) is 12.0 Å². The largest absolute Gasteiger partial charge is 0.508 e. The Morgan fingerprint density at radius 3 is 2.06 bits per heavy atom. The minimum absolute atomic E-state index is 0.0162. The van der Waals surface area contributed by atoms with Gasteiger partial charge in [0.1, 0.15) is 48.0 Å². The number of benzene rings is 2. The van der Waals surface area contributed by atoms with Crippen LogP contribution in [0.3, 0.4) is 0 Å². The zero-order chi connectivity index (χ0) is 63.2. The van der Waals surface area contributed by atoms with Crippen LogP contribution in [0, 0.1) is 17.8 Å². The SMILES string of the molecule is CC(=O)N[C@H](Cc1ccc(O)cc1)C(=O)N1C[C@H](O)C[C@H]1C(=O)N[C@@H](CC(N)=O)C(=O)N[C@H](C(=O)N[C@@H](CC1CCCCC1)C(=O)NCC=C[C@@H](CC(C)C)C(=O)N[C@@H](CCCN=C(N)N)C(=O)N[C@@H](Cc1c[nH]c2ccccc12)C(N)=O)[C@@H](C)O. The molecule has 27 nitrogen and oxygen atoms in total. The highest BCUT2D eigenvalue weighted by Gasteiger charge is 2.43. The number of fused-ring (bicyclic) bond motifs is 1. The second kappa shape index (κ2) is 33.2. The summed E-state index contributed by atoms with van der Waals surface area (Å²) in [5.41, 5.74) is 24.5. The Hall–Kier alpha value is -8.59. The molecule has 0 spiro atoms. The lowest BCUT2D eigenvalue weighted by Crippen LogP contribution is -2.61.